The van der Waals surface area contributed by atoms with Gasteiger partial charge in [-0.3, -0.25) is 4.79 Å². The Morgan fingerprint density at radius 3 is 2.63 bits per heavy atom. The van der Waals surface area contributed by atoms with E-state index in [2.05, 4.69) is 10.3 Å². The standard InChI is InChI=1S/C21H22ClN3O4S/c1-28-17-7-8-18(19(9-17)29-2)24-20(27)13-30-21-23-10-16(12-26)25(21)11-14-3-5-15(22)6-4-14/h3-10,26H,11-13H2,1-2H3,(H,24,27). The van der Waals surface area contributed by atoms with Crippen LogP contribution in [0.15, 0.2) is 53.8 Å². The molecule has 0 aliphatic carbocycles. The number of carbonyl (C=O) groups excluding carboxylic acids is 1. The van der Waals surface area contributed by atoms with Gasteiger partial charge in [0.15, 0.2) is 5.16 Å². The molecule has 2 aromatic carbocycles. The molecular weight excluding hydrogens is 426 g/mol. The lowest BCUT2D eigenvalue weighted by Crippen LogP contribution is -2.15. The van der Waals surface area contributed by atoms with Gasteiger partial charge in [0.05, 0.1) is 44.2 Å². The van der Waals surface area contributed by atoms with E-state index in [9.17, 15) is 9.90 Å². The van der Waals surface area contributed by atoms with Gasteiger partial charge >= 0.3 is 0 Å². The highest BCUT2D eigenvalue weighted by Crippen LogP contribution is 2.29. The number of aliphatic hydroxyl groups excluding tert-OH is 1. The lowest BCUT2D eigenvalue weighted by Gasteiger charge is -2.13. The van der Waals surface area contributed by atoms with E-state index in [0.29, 0.717) is 39.6 Å². The highest BCUT2D eigenvalue weighted by molar-refractivity contribution is 7.99. The van der Waals surface area contributed by atoms with E-state index < -0.39 is 0 Å². The maximum Gasteiger partial charge on any atom is 0.234 e. The Hall–Kier alpha value is -2.68. The Morgan fingerprint density at radius 2 is 1.97 bits per heavy atom. The molecular formula is C21H22ClN3O4S. The van der Waals surface area contributed by atoms with Crippen molar-refractivity contribution in [3.63, 3.8) is 0 Å². The topological polar surface area (TPSA) is 85.6 Å². The van der Waals surface area contributed by atoms with Crippen molar-refractivity contribution in [3.05, 3.63) is 64.9 Å². The van der Waals surface area contributed by atoms with Crippen LogP contribution >= 0.6 is 23.4 Å². The minimum Gasteiger partial charge on any atom is -0.497 e. The molecule has 0 bridgehead atoms. The minimum atomic E-state index is -0.199. The van der Waals surface area contributed by atoms with Crippen LogP contribution in [0.5, 0.6) is 11.5 Å². The molecule has 0 saturated heterocycles. The van der Waals surface area contributed by atoms with Gasteiger partial charge in [-0.25, -0.2) is 4.98 Å². The lowest BCUT2D eigenvalue weighted by molar-refractivity contribution is -0.113. The summed E-state index contributed by atoms with van der Waals surface area (Å²) in [5.74, 6) is 1.10. The minimum absolute atomic E-state index is 0.142. The first-order valence-corrected chi connectivity index (χ1v) is 10.4. The summed E-state index contributed by atoms with van der Waals surface area (Å²) in [6.07, 6.45) is 1.61. The number of methoxy groups -OCH3 is 2. The summed E-state index contributed by atoms with van der Waals surface area (Å²) in [4.78, 5) is 16.8. The zero-order valence-electron chi connectivity index (χ0n) is 16.6. The predicted molar refractivity (Wildman–Crippen MR) is 118 cm³/mol. The van der Waals surface area contributed by atoms with Crippen molar-refractivity contribution < 1.29 is 19.4 Å². The average molecular weight is 448 g/mol. The Labute approximate surface area is 184 Å². The van der Waals surface area contributed by atoms with E-state index in [1.54, 1.807) is 31.5 Å². The fourth-order valence-electron chi connectivity index (χ4n) is 2.79. The van der Waals surface area contributed by atoms with Gasteiger partial charge in [0.25, 0.3) is 0 Å². The molecule has 7 nitrogen and oxygen atoms in total. The molecule has 3 aromatic rings. The van der Waals surface area contributed by atoms with Crippen LogP contribution in [0.25, 0.3) is 0 Å². The summed E-state index contributed by atoms with van der Waals surface area (Å²) in [5.41, 5.74) is 2.25. The number of nitrogens with zero attached hydrogens (tertiary/aromatic N) is 2. The fraction of sp³-hybridized carbons (Fsp3) is 0.238. The molecule has 30 heavy (non-hydrogen) atoms. The van der Waals surface area contributed by atoms with Gasteiger partial charge in [0.2, 0.25) is 5.91 Å². The van der Waals surface area contributed by atoms with Crippen LogP contribution in [0, 0.1) is 0 Å². The average Bonchev–Trinajstić information content (AvgIpc) is 3.15. The van der Waals surface area contributed by atoms with Crippen molar-refractivity contribution in [2.45, 2.75) is 18.3 Å². The second-order valence-electron chi connectivity index (χ2n) is 6.31. The quantitative estimate of drug-likeness (QED) is 0.485. The molecule has 3 rings (SSSR count). The number of ether oxygens (including phenoxy) is 2. The number of aromatic nitrogens is 2. The third-order valence-electron chi connectivity index (χ3n) is 4.33. The normalized spacial score (nSPS) is 10.7. The van der Waals surface area contributed by atoms with Crippen molar-refractivity contribution in [2.24, 2.45) is 0 Å². The monoisotopic (exact) mass is 447 g/mol. The van der Waals surface area contributed by atoms with Crippen molar-refractivity contribution >= 4 is 35.0 Å². The van der Waals surface area contributed by atoms with E-state index >= 15 is 0 Å². The van der Waals surface area contributed by atoms with Gasteiger partial charge in [-0.1, -0.05) is 35.5 Å². The van der Waals surface area contributed by atoms with Crippen LogP contribution in [-0.4, -0.2) is 40.5 Å². The molecule has 1 aromatic heterocycles. The number of hydrogen-bond donors (Lipinski definition) is 2. The fourth-order valence-corrected chi connectivity index (χ4v) is 3.72. The number of aliphatic hydroxyl groups is 1. The number of nitrogens with one attached hydrogen (secondary N) is 1. The van der Waals surface area contributed by atoms with Crippen molar-refractivity contribution in [1.29, 1.82) is 0 Å². The molecule has 0 saturated carbocycles. The third kappa shape index (κ3) is 5.47. The van der Waals surface area contributed by atoms with Crippen LogP contribution in [-0.2, 0) is 17.9 Å². The summed E-state index contributed by atoms with van der Waals surface area (Å²) < 4.78 is 12.4. The zero-order chi connectivity index (χ0) is 21.5. The predicted octanol–water partition coefficient (Wildman–Crippen LogP) is 3.83. The van der Waals surface area contributed by atoms with Crippen molar-refractivity contribution in [3.8, 4) is 11.5 Å². The molecule has 0 aliphatic heterocycles. The number of carbonyl (C=O) groups is 1. The van der Waals surface area contributed by atoms with Crippen LogP contribution in [0.3, 0.4) is 0 Å². The number of thioether (sulfide) groups is 1. The lowest BCUT2D eigenvalue weighted by atomic mass is 10.2. The molecule has 9 heteroatoms. The number of anilines is 1. The molecule has 0 unspecified atom stereocenters. The van der Waals surface area contributed by atoms with E-state index in [4.69, 9.17) is 21.1 Å². The first kappa shape index (κ1) is 22.0. The largest absolute Gasteiger partial charge is 0.497 e. The summed E-state index contributed by atoms with van der Waals surface area (Å²) >= 11 is 7.24. The van der Waals surface area contributed by atoms with E-state index in [1.807, 2.05) is 28.8 Å². The van der Waals surface area contributed by atoms with Crippen LogP contribution < -0.4 is 14.8 Å². The summed E-state index contributed by atoms with van der Waals surface area (Å²) in [7, 11) is 3.10. The number of imidazole rings is 1. The van der Waals surface area contributed by atoms with Crippen LogP contribution in [0.2, 0.25) is 5.02 Å². The maximum atomic E-state index is 12.5. The van der Waals surface area contributed by atoms with E-state index in [1.165, 1.54) is 18.9 Å². The van der Waals surface area contributed by atoms with Gasteiger partial charge in [-0.05, 0) is 29.8 Å². The van der Waals surface area contributed by atoms with Crippen LogP contribution in [0.4, 0.5) is 5.69 Å². The molecule has 0 radical (unpaired) electrons. The van der Waals surface area contributed by atoms with E-state index in [0.717, 1.165) is 5.56 Å². The number of hydrogen-bond acceptors (Lipinski definition) is 6. The van der Waals surface area contributed by atoms with Gasteiger partial charge in [-0.15, -0.1) is 0 Å². The molecule has 0 aliphatic rings. The molecule has 0 spiro atoms. The Bertz CT molecular complexity index is 1010. The van der Waals surface area contributed by atoms with Gasteiger partial charge in [-0.2, -0.15) is 0 Å². The highest BCUT2D eigenvalue weighted by atomic mass is 35.5. The number of rotatable bonds is 9. The molecule has 2 N–H and O–H groups in total. The van der Waals surface area contributed by atoms with Gasteiger partial charge in [0.1, 0.15) is 11.5 Å². The SMILES string of the molecule is COc1ccc(NC(=O)CSc2ncc(CO)n2Cc2ccc(Cl)cc2)c(OC)c1. The summed E-state index contributed by atoms with van der Waals surface area (Å²) in [6.45, 7) is 0.375. The molecule has 1 amide bonds. The third-order valence-corrected chi connectivity index (χ3v) is 5.58. The summed E-state index contributed by atoms with van der Waals surface area (Å²) in [5, 5.41) is 13.8. The van der Waals surface area contributed by atoms with Crippen molar-refractivity contribution in [1.82, 2.24) is 9.55 Å². The number of halogens is 1. The Kier molecular flexibility index (Phi) is 7.62. The van der Waals surface area contributed by atoms with Gasteiger partial charge < -0.3 is 24.5 Å². The smallest absolute Gasteiger partial charge is 0.234 e. The molecule has 158 valence electrons. The van der Waals surface area contributed by atoms with Gasteiger partial charge in [0, 0.05) is 17.6 Å². The maximum absolute atomic E-state index is 12.5. The first-order valence-electron chi connectivity index (χ1n) is 9.08. The Balaban J connectivity index is 1.67. The molecule has 0 atom stereocenters. The van der Waals surface area contributed by atoms with Crippen molar-refractivity contribution in [2.75, 3.05) is 25.3 Å². The molecule has 0 fully saturated rings. The Morgan fingerprint density at radius 1 is 1.20 bits per heavy atom. The molecule has 1 heterocycles. The second kappa shape index (κ2) is 10.4. The first-order chi connectivity index (χ1) is 14.5. The summed E-state index contributed by atoms with van der Waals surface area (Å²) in [6, 6.07) is 12.6. The number of benzene rings is 2. The highest BCUT2D eigenvalue weighted by Gasteiger charge is 2.14. The second-order valence-corrected chi connectivity index (χ2v) is 7.68. The zero-order valence-corrected chi connectivity index (χ0v) is 18.2. The number of amides is 1. The van der Waals surface area contributed by atoms with E-state index in [-0.39, 0.29) is 18.3 Å². The van der Waals surface area contributed by atoms with Crippen LogP contribution in [0.1, 0.15) is 11.3 Å².